The first-order valence-electron chi connectivity index (χ1n) is 5.61. The Kier molecular flexibility index (Phi) is 2.68. The molecule has 1 heterocycles. The van der Waals surface area contributed by atoms with Crippen molar-refractivity contribution in [1.29, 1.82) is 0 Å². The molecule has 0 radical (unpaired) electrons. The third kappa shape index (κ3) is 2.05. The van der Waals surface area contributed by atoms with Gasteiger partial charge in [0.15, 0.2) is 11.5 Å². The standard InChI is InChI=1S/C14H11ClN2O/c15-10-6-4-9(5-7-10)8-13-17-14-11(16)2-1-3-12(14)18-13/h1-7H,8,16H2. The molecular weight excluding hydrogens is 248 g/mol. The van der Waals surface area contributed by atoms with E-state index in [1.807, 2.05) is 42.5 Å². The Balaban J connectivity index is 1.95. The molecule has 0 saturated carbocycles. The fourth-order valence-electron chi connectivity index (χ4n) is 1.87. The molecule has 0 bridgehead atoms. The second-order valence-corrected chi connectivity index (χ2v) is 4.54. The van der Waals surface area contributed by atoms with E-state index in [4.69, 9.17) is 21.8 Å². The summed E-state index contributed by atoms with van der Waals surface area (Å²) in [6, 6.07) is 13.2. The first-order chi connectivity index (χ1) is 8.72. The molecule has 2 N–H and O–H groups in total. The highest BCUT2D eigenvalue weighted by Crippen LogP contribution is 2.22. The monoisotopic (exact) mass is 258 g/mol. The van der Waals surface area contributed by atoms with Crippen molar-refractivity contribution in [1.82, 2.24) is 4.98 Å². The molecule has 0 fully saturated rings. The van der Waals surface area contributed by atoms with Gasteiger partial charge in [-0.05, 0) is 29.8 Å². The van der Waals surface area contributed by atoms with Crippen LogP contribution >= 0.6 is 11.6 Å². The van der Waals surface area contributed by atoms with Crippen molar-refractivity contribution in [2.75, 3.05) is 5.73 Å². The first-order valence-corrected chi connectivity index (χ1v) is 5.98. The Labute approximate surface area is 109 Å². The highest BCUT2D eigenvalue weighted by Gasteiger charge is 2.08. The van der Waals surface area contributed by atoms with Crippen molar-refractivity contribution in [3.05, 3.63) is 58.9 Å². The lowest BCUT2D eigenvalue weighted by atomic mass is 10.1. The third-order valence-corrected chi connectivity index (χ3v) is 3.02. The molecule has 0 atom stereocenters. The second kappa shape index (κ2) is 4.35. The normalized spacial score (nSPS) is 10.9. The maximum atomic E-state index is 5.84. The Hall–Kier alpha value is -2.00. The fraction of sp³-hybridized carbons (Fsp3) is 0.0714. The van der Waals surface area contributed by atoms with Gasteiger partial charge in [-0.15, -0.1) is 0 Å². The number of oxazole rings is 1. The molecule has 1 aromatic heterocycles. The molecule has 0 spiro atoms. The van der Waals surface area contributed by atoms with Crippen molar-refractivity contribution >= 4 is 28.4 Å². The summed E-state index contributed by atoms with van der Waals surface area (Å²) in [5.41, 5.74) is 9.03. The number of nitrogen functional groups attached to an aromatic ring is 1. The number of benzene rings is 2. The highest BCUT2D eigenvalue weighted by atomic mass is 35.5. The molecule has 0 aliphatic heterocycles. The van der Waals surface area contributed by atoms with Crippen LogP contribution < -0.4 is 5.73 Å². The number of hydrogen-bond donors (Lipinski definition) is 1. The summed E-state index contributed by atoms with van der Waals surface area (Å²) < 4.78 is 5.66. The first kappa shape index (κ1) is 11.1. The maximum absolute atomic E-state index is 5.84. The van der Waals surface area contributed by atoms with Crippen LogP contribution in [0.15, 0.2) is 46.9 Å². The van der Waals surface area contributed by atoms with Gasteiger partial charge in [-0.1, -0.05) is 29.8 Å². The molecule has 2 aromatic carbocycles. The minimum Gasteiger partial charge on any atom is -0.440 e. The quantitative estimate of drug-likeness (QED) is 0.714. The summed E-state index contributed by atoms with van der Waals surface area (Å²) >= 11 is 5.84. The minimum atomic E-state index is 0.630. The lowest BCUT2D eigenvalue weighted by molar-refractivity contribution is 0.544. The Morgan fingerprint density at radius 2 is 1.89 bits per heavy atom. The van der Waals surface area contributed by atoms with Crippen LogP contribution in [0.5, 0.6) is 0 Å². The molecule has 4 heteroatoms. The summed E-state index contributed by atoms with van der Waals surface area (Å²) in [5.74, 6) is 0.658. The van der Waals surface area contributed by atoms with Gasteiger partial charge in [-0.25, -0.2) is 4.98 Å². The predicted molar refractivity (Wildman–Crippen MR) is 72.7 cm³/mol. The van der Waals surface area contributed by atoms with E-state index in [2.05, 4.69) is 4.98 Å². The van der Waals surface area contributed by atoms with Gasteiger partial charge in [0.2, 0.25) is 0 Å². The van der Waals surface area contributed by atoms with E-state index in [0.29, 0.717) is 18.0 Å². The third-order valence-electron chi connectivity index (χ3n) is 2.76. The Morgan fingerprint density at radius 1 is 1.11 bits per heavy atom. The fourth-order valence-corrected chi connectivity index (χ4v) is 1.99. The average Bonchev–Trinajstić information content (AvgIpc) is 2.76. The second-order valence-electron chi connectivity index (χ2n) is 4.10. The summed E-state index contributed by atoms with van der Waals surface area (Å²) in [4.78, 5) is 4.41. The summed E-state index contributed by atoms with van der Waals surface area (Å²) in [5, 5.41) is 0.723. The molecule has 18 heavy (non-hydrogen) atoms. The van der Waals surface area contributed by atoms with Gasteiger partial charge in [-0.2, -0.15) is 0 Å². The zero-order valence-electron chi connectivity index (χ0n) is 9.56. The van der Waals surface area contributed by atoms with E-state index in [1.54, 1.807) is 0 Å². The highest BCUT2D eigenvalue weighted by molar-refractivity contribution is 6.30. The molecule has 0 saturated heterocycles. The van der Waals surface area contributed by atoms with Crippen LogP contribution in [-0.2, 0) is 6.42 Å². The lowest BCUT2D eigenvalue weighted by Gasteiger charge is -1.96. The molecule has 90 valence electrons. The van der Waals surface area contributed by atoms with Gasteiger partial charge < -0.3 is 10.2 Å². The molecule has 0 aliphatic rings. The van der Waals surface area contributed by atoms with Crippen LogP contribution in [0.2, 0.25) is 5.02 Å². The SMILES string of the molecule is Nc1cccc2oc(Cc3ccc(Cl)cc3)nc12. The number of aromatic nitrogens is 1. The lowest BCUT2D eigenvalue weighted by Crippen LogP contribution is -1.88. The van der Waals surface area contributed by atoms with Crippen LogP contribution in [0, 0.1) is 0 Å². The minimum absolute atomic E-state index is 0.630. The number of fused-ring (bicyclic) bond motifs is 1. The molecule has 3 aromatic rings. The number of anilines is 1. The zero-order chi connectivity index (χ0) is 12.5. The number of rotatable bonds is 2. The number of para-hydroxylation sites is 1. The molecule has 3 nitrogen and oxygen atoms in total. The molecule has 0 aliphatic carbocycles. The molecular formula is C14H11ClN2O. The number of nitrogens with zero attached hydrogens (tertiary/aromatic N) is 1. The Morgan fingerprint density at radius 3 is 2.61 bits per heavy atom. The molecule has 3 rings (SSSR count). The topological polar surface area (TPSA) is 52.0 Å². The maximum Gasteiger partial charge on any atom is 0.199 e. The van der Waals surface area contributed by atoms with E-state index < -0.39 is 0 Å². The van der Waals surface area contributed by atoms with Gasteiger partial charge in [-0.3, -0.25) is 0 Å². The van der Waals surface area contributed by atoms with E-state index in [-0.39, 0.29) is 0 Å². The van der Waals surface area contributed by atoms with E-state index in [1.165, 1.54) is 0 Å². The van der Waals surface area contributed by atoms with Crippen LogP contribution in [0.4, 0.5) is 5.69 Å². The molecule has 0 unspecified atom stereocenters. The van der Waals surface area contributed by atoms with Crippen LogP contribution in [0.3, 0.4) is 0 Å². The number of hydrogen-bond acceptors (Lipinski definition) is 3. The van der Waals surface area contributed by atoms with Crippen molar-refractivity contribution in [3.8, 4) is 0 Å². The van der Waals surface area contributed by atoms with Crippen molar-refractivity contribution < 1.29 is 4.42 Å². The largest absolute Gasteiger partial charge is 0.440 e. The zero-order valence-corrected chi connectivity index (χ0v) is 10.3. The van der Waals surface area contributed by atoms with Crippen LogP contribution in [-0.4, -0.2) is 4.98 Å². The Bertz CT molecular complexity index is 689. The van der Waals surface area contributed by atoms with E-state index in [0.717, 1.165) is 21.7 Å². The van der Waals surface area contributed by atoms with Gasteiger partial charge in [0.1, 0.15) is 5.52 Å². The summed E-state index contributed by atoms with van der Waals surface area (Å²) in [6.45, 7) is 0. The predicted octanol–water partition coefficient (Wildman–Crippen LogP) is 3.65. The van der Waals surface area contributed by atoms with Gasteiger partial charge in [0.05, 0.1) is 5.69 Å². The van der Waals surface area contributed by atoms with Crippen molar-refractivity contribution in [2.45, 2.75) is 6.42 Å². The van der Waals surface area contributed by atoms with Gasteiger partial charge in [0.25, 0.3) is 0 Å². The number of nitrogens with two attached hydrogens (primary N) is 1. The summed E-state index contributed by atoms with van der Waals surface area (Å²) in [6.07, 6.45) is 0.630. The van der Waals surface area contributed by atoms with Gasteiger partial charge in [0, 0.05) is 11.4 Å². The average molecular weight is 259 g/mol. The summed E-state index contributed by atoms with van der Waals surface area (Å²) in [7, 11) is 0. The number of halogens is 1. The van der Waals surface area contributed by atoms with E-state index >= 15 is 0 Å². The van der Waals surface area contributed by atoms with Gasteiger partial charge >= 0.3 is 0 Å². The van der Waals surface area contributed by atoms with Crippen molar-refractivity contribution in [3.63, 3.8) is 0 Å². The smallest absolute Gasteiger partial charge is 0.199 e. The van der Waals surface area contributed by atoms with E-state index in [9.17, 15) is 0 Å². The van der Waals surface area contributed by atoms with Crippen molar-refractivity contribution in [2.24, 2.45) is 0 Å². The van der Waals surface area contributed by atoms with Crippen LogP contribution in [0.25, 0.3) is 11.1 Å². The molecule has 0 amide bonds. The van der Waals surface area contributed by atoms with Crippen LogP contribution in [0.1, 0.15) is 11.5 Å².